The highest BCUT2D eigenvalue weighted by Gasteiger charge is 2.35. The minimum Gasteiger partial charge on any atom is -0.356 e. The summed E-state index contributed by atoms with van der Waals surface area (Å²) in [4.78, 5) is 29.7. The highest BCUT2D eigenvalue weighted by Crippen LogP contribution is 2.36. The van der Waals surface area contributed by atoms with E-state index >= 15 is 0 Å². The van der Waals surface area contributed by atoms with Crippen LogP contribution in [0.2, 0.25) is 0 Å². The van der Waals surface area contributed by atoms with Gasteiger partial charge in [0.2, 0.25) is 5.91 Å². The largest absolute Gasteiger partial charge is 0.356 e. The summed E-state index contributed by atoms with van der Waals surface area (Å²) < 4.78 is 0. The van der Waals surface area contributed by atoms with Crippen LogP contribution in [-0.4, -0.2) is 53.6 Å². The van der Waals surface area contributed by atoms with Crippen molar-refractivity contribution in [3.8, 4) is 0 Å². The van der Waals surface area contributed by atoms with Gasteiger partial charge < -0.3 is 5.32 Å². The lowest BCUT2D eigenvalue weighted by molar-refractivity contribution is -0.134. The van der Waals surface area contributed by atoms with Crippen molar-refractivity contribution in [3.05, 3.63) is 44.8 Å². The molecule has 6 nitrogen and oxygen atoms in total. The van der Waals surface area contributed by atoms with Crippen LogP contribution in [0, 0.1) is 5.92 Å². The summed E-state index contributed by atoms with van der Waals surface area (Å²) in [5.74, 6) is 0.585. The van der Waals surface area contributed by atoms with Crippen molar-refractivity contribution in [1.82, 2.24) is 15.2 Å². The predicted octanol–water partition coefficient (Wildman–Crippen LogP) is 4.12. The molecule has 2 aromatic heterocycles. The first kappa shape index (κ1) is 22.2. The van der Waals surface area contributed by atoms with Crippen molar-refractivity contribution >= 4 is 40.2 Å². The lowest BCUT2D eigenvalue weighted by Crippen LogP contribution is -2.45. The molecule has 2 atom stereocenters. The molecular weight excluding hydrogens is 428 g/mol. The zero-order valence-corrected chi connectivity index (χ0v) is 19.6. The molecule has 2 unspecified atom stereocenters. The molecular formula is C23H30N4O2S2. The number of hydrazone groups is 1. The lowest BCUT2D eigenvalue weighted by atomic mass is 9.98. The van der Waals surface area contributed by atoms with Crippen LogP contribution >= 0.6 is 22.7 Å². The number of piperidine rings is 1. The van der Waals surface area contributed by atoms with E-state index in [1.165, 1.54) is 4.88 Å². The summed E-state index contributed by atoms with van der Waals surface area (Å²) in [5, 5.41) is 13.6. The number of hydrogen-bond donors (Lipinski definition) is 1. The van der Waals surface area contributed by atoms with E-state index in [1.54, 1.807) is 27.7 Å². The molecule has 8 heteroatoms. The van der Waals surface area contributed by atoms with Gasteiger partial charge in [-0.2, -0.15) is 5.10 Å². The average Bonchev–Trinajstić information content (AvgIpc) is 3.53. The summed E-state index contributed by atoms with van der Waals surface area (Å²) in [7, 11) is 0. The Labute approximate surface area is 191 Å². The second-order valence-corrected chi connectivity index (χ2v) is 10.2. The maximum absolute atomic E-state index is 13.3. The van der Waals surface area contributed by atoms with Crippen LogP contribution < -0.4 is 5.32 Å². The fourth-order valence-corrected chi connectivity index (χ4v) is 5.87. The van der Waals surface area contributed by atoms with Crippen molar-refractivity contribution < 1.29 is 9.59 Å². The molecule has 0 saturated carbocycles. The summed E-state index contributed by atoms with van der Waals surface area (Å²) in [6.07, 6.45) is 4.36. The Kier molecular flexibility index (Phi) is 7.53. The molecule has 1 N–H and O–H groups in total. The molecule has 0 aliphatic carbocycles. The molecule has 2 aliphatic rings. The quantitative estimate of drug-likeness (QED) is 0.647. The molecule has 0 bridgehead atoms. The zero-order valence-electron chi connectivity index (χ0n) is 18.0. The smallest absolute Gasteiger partial charge is 0.257 e. The maximum atomic E-state index is 13.3. The minimum absolute atomic E-state index is 0.0153. The molecule has 2 amide bonds. The van der Waals surface area contributed by atoms with Gasteiger partial charge in [-0.05, 0) is 54.6 Å². The summed E-state index contributed by atoms with van der Waals surface area (Å²) in [6.45, 7) is 4.86. The molecule has 4 rings (SSSR count). The third-order valence-electron chi connectivity index (χ3n) is 5.87. The Morgan fingerprint density at radius 1 is 1.23 bits per heavy atom. The number of amides is 2. The molecule has 1 fully saturated rings. The summed E-state index contributed by atoms with van der Waals surface area (Å²) in [6, 6.07) is 8.22. The van der Waals surface area contributed by atoms with Crippen LogP contribution in [0.15, 0.2) is 40.1 Å². The first-order valence-electron chi connectivity index (χ1n) is 11.1. The molecule has 0 spiro atoms. The van der Waals surface area contributed by atoms with E-state index in [0.29, 0.717) is 25.4 Å². The van der Waals surface area contributed by atoms with Gasteiger partial charge in [0.15, 0.2) is 0 Å². The lowest BCUT2D eigenvalue weighted by Gasteiger charge is -2.33. The van der Waals surface area contributed by atoms with Crippen molar-refractivity contribution in [3.63, 3.8) is 0 Å². The number of carbonyl (C=O) groups is 2. The van der Waals surface area contributed by atoms with E-state index in [9.17, 15) is 9.59 Å². The number of nitrogens with zero attached hydrogens (tertiary/aromatic N) is 3. The molecule has 4 heterocycles. The van der Waals surface area contributed by atoms with Crippen molar-refractivity contribution in [2.24, 2.45) is 11.0 Å². The Hall–Kier alpha value is -2.03. The number of hydrogen-bond acceptors (Lipinski definition) is 6. The van der Waals surface area contributed by atoms with Crippen LogP contribution in [0.1, 0.15) is 54.8 Å². The second-order valence-electron chi connectivity index (χ2n) is 8.30. The number of carbonyl (C=O) groups excluding carboxylic acids is 2. The Bertz CT molecular complexity index is 895. The van der Waals surface area contributed by atoms with E-state index in [2.05, 4.69) is 33.1 Å². The predicted molar refractivity (Wildman–Crippen MR) is 126 cm³/mol. The average molecular weight is 459 g/mol. The van der Waals surface area contributed by atoms with Gasteiger partial charge in [0.25, 0.3) is 5.91 Å². The van der Waals surface area contributed by atoms with E-state index in [4.69, 9.17) is 5.10 Å². The molecule has 0 radical (unpaired) electrons. The van der Waals surface area contributed by atoms with Gasteiger partial charge in [-0.1, -0.05) is 19.1 Å². The third-order valence-corrected chi connectivity index (χ3v) is 7.76. The molecule has 2 aliphatic heterocycles. The van der Waals surface area contributed by atoms with E-state index in [1.807, 2.05) is 19.1 Å². The van der Waals surface area contributed by atoms with Gasteiger partial charge in [-0.15, -0.1) is 22.7 Å². The number of likely N-dealkylation sites (tertiary alicyclic amines) is 1. The van der Waals surface area contributed by atoms with Crippen LogP contribution in [0.3, 0.4) is 0 Å². The number of rotatable bonds is 8. The summed E-state index contributed by atoms with van der Waals surface area (Å²) >= 11 is 3.35. The van der Waals surface area contributed by atoms with Gasteiger partial charge in [-0.25, -0.2) is 5.01 Å². The fourth-order valence-electron chi connectivity index (χ4n) is 4.33. The second kappa shape index (κ2) is 10.5. The van der Waals surface area contributed by atoms with Crippen molar-refractivity contribution in [1.29, 1.82) is 0 Å². The molecule has 166 valence electrons. The van der Waals surface area contributed by atoms with E-state index < -0.39 is 0 Å². The normalized spacial score (nSPS) is 21.8. The van der Waals surface area contributed by atoms with Crippen molar-refractivity contribution in [2.45, 2.75) is 45.1 Å². The first-order valence-corrected chi connectivity index (χ1v) is 12.9. The Morgan fingerprint density at radius 2 is 2.06 bits per heavy atom. The van der Waals surface area contributed by atoms with Crippen LogP contribution in [0.4, 0.5) is 0 Å². The van der Waals surface area contributed by atoms with Crippen LogP contribution in [0.5, 0.6) is 0 Å². The van der Waals surface area contributed by atoms with Crippen LogP contribution in [0.25, 0.3) is 0 Å². The first-order chi connectivity index (χ1) is 15.1. The monoisotopic (exact) mass is 458 g/mol. The molecule has 0 aromatic carbocycles. The van der Waals surface area contributed by atoms with Gasteiger partial charge >= 0.3 is 0 Å². The van der Waals surface area contributed by atoms with Crippen LogP contribution in [-0.2, 0) is 9.59 Å². The Morgan fingerprint density at radius 3 is 2.81 bits per heavy atom. The fraction of sp³-hybridized carbons (Fsp3) is 0.522. The zero-order chi connectivity index (χ0) is 21.6. The van der Waals surface area contributed by atoms with Crippen molar-refractivity contribution in [2.75, 3.05) is 26.2 Å². The van der Waals surface area contributed by atoms with E-state index in [-0.39, 0.29) is 17.9 Å². The van der Waals surface area contributed by atoms with E-state index in [0.717, 1.165) is 49.4 Å². The van der Waals surface area contributed by atoms with Gasteiger partial charge in [0, 0.05) is 30.8 Å². The molecule has 2 aromatic rings. The number of nitrogens with one attached hydrogen (secondary N) is 1. The topological polar surface area (TPSA) is 65.0 Å². The third kappa shape index (κ3) is 5.61. The summed E-state index contributed by atoms with van der Waals surface area (Å²) in [5.41, 5.74) is 0.997. The highest BCUT2D eigenvalue weighted by atomic mass is 32.1. The highest BCUT2D eigenvalue weighted by molar-refractivity contribution is 7.12. The standard InChI is InChI=1S/C23H30N4O2S2/c1-2-6-22(28)24-14-17-7-3-10-26(15-17)16-23(29)27-19(21-9-5-12-31-21)13-18(25-27)20-8-4-11-30-20/h4-5,8-9,11-12,17,19H,2-3,6-7,10,13-16H2,1H3,(H,24,28). The van der Waals surface area contributed by atoms with Gasteiger partial charge in [-0.3, -0.25) is 14.5 Å². The Balaban J connectivity index is 1.39. The SMILES string of the molecule is CCCC(=O)NCC1CCCN(CC(=O)N2N=C(c3cccs3)CC2c2cccs2)C1. The van der Waals surface area contributed by atoms with Gasteiger partial charge in [0.1, 0.15) is 0 Å². The van der Waals surface area contributed by atoms with Gasteiger partial charge in [0.05, 0.1) is 23.2 Å². The molecule has 1 saturated heterocycles. The maximum Gasteiger partial charge on any atom is 0.257 e. The minimum atomic E-state index is -0.0153. The number of thiophene rings is 2. The molecule has 31 heavy (non-hydrogen) atoms.